The Morgan fingerprint density at radius 2 is 1.68 bits per heavy atom. The molecular weight excluding hydrogens is 454 g/mol. The molecule has 1 aliphatic heterocycles. The molecule has 0 atom stereocenters. The molecule has 0 bridgehead atoms. The van der Waals surface area contributed by atoms with E-state index in [1.54, 1.807) is 0 Å². The fraction of sp³-hybridized carbons (Fsp3) is 0.565. The van der Waals surface area contributed by atoms with Gasteiger partial charge in [0.2, 0.25) is 11.9 Å². The van der Waals surface area contributed by atoms with E-state index in [0.29, 0.717) is 42.6 Å². The minimum Gasteiger partial charge on any atom is -0.490 e. The number of anilines is 3. The first kappa shape index (κ1) is 24.4. The third kappa shape index (κ3) is 6.02. The zero-order chi connectivity index (χ0) is 23.9. The highest BCUT2D eigenvalue weighted by molar-refractivity contribution is 7.22. The molecule has 0 radical (unpaired) electrons. The monoisotopic (exact) mass is 487 g/mol. The first-order chi connectivity index (χ1) is 16.6. The number of aromatic nitrogens is 4. The fourth-order valence-electron chi connectivity index (χ4n) is 3.71. The van der Waals surface area contributed by atoms with Crippen molar-refractivity contribution in [1.29, 1.82) is 0 Å². The number of hydrogen-bond acceptors (Lipinski definition) is 11. The lowest BCUT2D eigenvalue weighted by Gasteiger charge is -2.34. The summed E-state index contributed by atoms with van der Waals surface area (Å²) < 4.78 is 12.8. The number of hydrogen-bond donors (Lipinski definition) is 2. The Morgan fingerprint density at radius 1 is 0.971 bits per heavy atom. The van der Waals surface area contributed by atoms with Gasteiger partial charge in [0, 0.05) is 44.9 Å². The highest BCUT2D eigenvalue weighted by Crippen LogP contribution is 2.37. The van der Waals surface area contributed by atoms with E-state index in [0.717, 1.165) is 60.7 Å². The largest absolute Gasteiger partial charge is 0.490 e. The Hall–Kier alpha value is -2.76. The molecule has 184 valence electrons. The normalized spacial score (nSPS) is 14.5. The molecule has 2 N–H and O–H groups in total. The van der Waals surface area contributed by atoms with Crippen LogP contribution in [0, 0.1) is 6.92 Å². The van der Waals surface area contributed by atoms with Crippen molar-refractivity contribution in [3.05, 3.63) is 18.0 Å². The Labute approximate surface area is 204 Å². The summed E-state index contributed by atoms with van der Waals surface area (Å²) in [6, 6.07) is 3.93. The van der Waals surface area contributed by atoms with Gasteiger partial charge in [-0.15, -0.1) is 0 Å². The van der Waals surface area contributed by atoms with Crippen molar-refractivity contribution in [2.45, 2.75) is 33.6 Å². The molecule has 34 heavy (non-hydrogen) atoms. The van der Waals surface area contributed by atoms with Gasteiger partial charge in [-0.2, -0.15) is 15.0 Å². The summed E-state index contributed by atoms with van der Waals surface area (Å²) in [7, 11) is 0. The number of β-amino-alcohol motifs (C(OH)–C–C–N with tert-alkyl or cyclic N) is 1. The number of ether oxygens (including phenoxy) is 2. The molecule has 1 aromatic carbocycles. The zero-order valence-corrected chi connectivity index (χ0v) is 20.9. The summed E-state index contributed by atoms with van der Waals surface area (Å²) in [6.07, 6.45) is 1.85. The number of rotatable bonds is 11. The van der Waals surface area contributed by atoms with E-state index in [1.807, 2.05) is 19.1 Å². The van der Waals surface area contributed by atoms with Gasteiger partial charge in [-0.25, -0.2) is 4.98 Å². The third-order valence-electron chi connectivity index (χ3n) is 5.40. The average Bonchev–Trinajstić information content (AvgIpc) is 3.22. The number of nitrogens with one attached hydrogen (secondary N) is 1. The van der Waals surface area contributed by atoms with Gasteiger partial charge in [-0.1, -0.05) is 25.2 Å². The minimum absolute atomic E-state index is 0.180. The number of piperazine rings is 1. The quantitative estimate of drug-likeness (QED) is 0.418. The summed E-state index contributed by atoms with van der Waals surface area (Å²) in [4.78, 5) is 22.8. The van der Waals surface area contributed by atoms with Gasteiger partial charge in [-0.05, 0) is 19.8 Å². The van der Waals surface area contributed by atoms with Gasteiger partial charge in [-0.3, -0.25) is 10.2 Å². The second-order valence-corrected chi connectivity index (χ2v) is 9.20. The van der Waals surface area contributed by atoms with E-state index >= 15 is 0 Å². The molecule has 0 spiro atoms. The first-order valence-electron chi connectivity index (χ1n) is 11.9. The molecule has 1 aliphatic rings. The molecule has 11 heteroatoms. The lowest BCUT2D eigenvalue weighted by atomic mass is 10.3. The van der Waals surface area contributed by atoms with E-state index in [9.17, 15) is 0 Å². The van der Waals surface area contributed by atoms with E-state index in [2.05, 4.69) is 43.9 Å². The SMILES string of the molecule is CCCOc1cc2nc(Nc3nc(C)nc(N4CCN(CCO)CC4)n3)sc2cc1OCCC. The van der Waals surface area contributed by atoms with Gasteiger partial charge in [0.1, 0.15) is 5.82 Å². The van der Waals surface area contributed by atoms with Crippen molar-refractivity contribution < 1.29 is 14.6 Å². The molecule has 0 unspecified atom stereocenters. The van der Waals surface area contributed by atoms with Crippen LogP contribution < -0.4 is 19.7 Å². The fourth-order valence-corrected chi connectivity index (χ4v) is 4.58. The Kier molecular flexibility index (Phi) is 8.30. The highest BCUT2D eigenvalue weighted by Gasteiger charge is 2.20. The second kappa shape index (κ2) is 11.6. The smallest absolute Gasteiger partial charge is 0.234 e. The van der Waals surface area contributed by atoms with Crippen molar-refractivity contribution in [3.8, 4) is 11.5 Å². The molecule has 0 saturated carbocycles. The van der Waals surface area contributed by atoms with E-state index in [4.69, 9.17) is 19.6 Å². The number of thiazole rings is 1. The number of aliphatic hydroxyl groups is 1. The van der Waals surface area contributed by atoms with Crippen molar-refractivity contribution in [2.75, 3.05) is 62.8 Å². The predicted octanol–water partition coefficient (Wildman–Crippen LogP) is 3.23. The van der Waals surface area contributed by atoms with Crippen LogP contribution in [0.25, 0.3) is 10.2 Å². The van der Waals surface area contributed by atoms with Crippen molar-refractivity contribution >= 4 is 38.6 Å². The Balaban J connectivity index is 1.52. The number of fused-ring (bicyclic) bond motifs is 1. The van der Waals surface area contributed by atoms with Gasteiger partial charge >= 0.3 is 0 Å². The highest BCUT2D eigenvalue weighted by atomic mass is 32.1. The zero-order valence-electron chi connectivity index (χ0n) is 20.1. The second-order valence-electron chi connectivity index (χ2n) is 8.17. The van der Waals surface area contributed by atoms with E-state index in [1.165, 1.54) is 11.3 Å². The maximum absolute atomic E-state index is 9.16. The summed E-state index contributed by atoms with van der Waals surface area (Å²) in [5.41, 5.74) is 0.841. The van der Waals surface area contributed by atoms with Crippen molar-refractivity contribution in [2.24, 2.45) is 0 Å². The molecule has 1 saturated heterocycles. The van der Waals surface area contributed by atoms with Crippen LogP contribution in [0.5, 0.6) is 11.5 Å². The van der Waals surface area contributed by atoms with Crippen LogP contribution in [-0.2, 0) is 0 Å². The minimum atomic E-state index is 0.180. The Morgan fingerprint density at radius 3 is 2.35 bits per heavy atom. The van der Waals surface area contributed by atoms with Gasteiger partial charge in [0.05, 0.1) is 30.0 Å². The molecule has 3 aromatic rings. The van der Waals surface area contributed by atoms with Crippen molar-refractivity contribution in [3.63, 3.8) is 0 Å². The standard InChI is InChI=1S/C23H33N7O3S/c1-4-12-32-18-14-17-20(15-19(18)33-13-5-2)34-23(26-17)28-21-24-16(3)25-22(27-21)30-8-6-29(7-9-30)10-11-31/h14-15,31H,4-13H2,1-3H3,(H,24,25,26,27,28). The molecule has 0 aliphatic carbocycles. The molecule has 0 amide bonds. The number of aryl methyl sites for hydroxylation is 1. The summed E-state index contributed by atoms with van der Waals surface area (Å²) in [5, 5.41) is 13.1. The van der Waals surface area contributed by atoms with Crippen LogP contribution >= 0.6 is 11.3 Å². The van der Waals surface area contributed by atoms with Gasteiger partial charge in [0.15, 0.2) is 16.6 Å². The number of nitrogens with zero attached hydrogens (tertiary/aromatic N) is 6. The van der Waals surface area contributed by atoms with Crippen LogP contribution in [0.3, 0.4) is 0 Å². The predicted molar refractivity (Wildman–Crippen MR) is 135 cm³/mol. The first-order valence-corrected chi connectivity index (χ1v) is 12.7. The summed E-state index contributed by atoms with van der Waals surface area (Å²) in [5.74, 6) is 3.25. The number of benzene rings is 1. The Bertz CT molecular complexity index is 1040. The average molecular weight is 488 g/mol. The molecule has 3 heterocycles. The summed E-state index contributed by atoms with van der Waals surface area (Å²) >= 11 is 1.52. The van der Waals surface area contributed by atoms with Crippen LogP contribution in [0.15, 0.2) is 12.1 Å². The van der Waals surface area contributed by atoms with Crippen LogP contribution in [-0.4, -0.2) is 82.5 Å². The van der Waals surface area contributed by atoms with Gasteiger partial charge in [0.25, 0.3) is 0 Å². The van der Waals surface area contributed by atoms with E-state index in [-0.39, 0.29) is 6.61 Å². The molecule has 4 rings (SSSR count). The molecular formula is C23H33N7O3S. The molecule has 2 aromatic heterocycles. The van der Waals surface area contributed by atoms with Crippen LogP contribution in [0.1, 0.15) is 32.5 Å². The molecule has 1 fully saturated rings. The number of aliphatic hydroxyl groups excluding tert-OH is 1. The van der Waals surface area contributed by atoms with Gasteiger partial charge < -0.3 is 19.5 Å². The topological polar surface area (TPSA) is 109 Å². The maximum atomic E-state index is 9.16. The van der Waals surface area contributed by atoms with Crippen molar-refractivity contribution in [1.82, 2.24) is 24.8 Å². The maximum Gasteiger partial charge on any atom is 0.234 e. The van der Waals surface area contributed by atoms with Crippen LogP contribution in [0.2, 0.25) is 0 Å². The van der Waals surface area contributed by atoms with Crippen LogP contribution in [0.4, 0.5) is 17.0 Å². The molecule has 10 nitrogen and oxygen atoms in total. The summed E-state index contributed by atoms with van der Waals surface area (Å²) in [6.45, 7) is 11.5. The lowest BCUT2D eigenvalue weighted by molar-refractivity contribution is 0.188. The van der Waals surface area contributed by atoms with E-state index < -0.39 is 0 Å². The third-order valence-corrected chi connectivity index (χ3v) is 6.34. The lowest BCUT2D eigenvalue weighted by Crippen LogP contribution is -2.47.